The van der Waals surface area contributed by atoms with Crippen molar-refractivity contribution < 1.29 is 56.9 Å². The van der Waals surface area contributed by atoms with E-state index in [1.54, 1.807) is 30.3 Å². The molecule has 0 N–H and O–H groups in total. The quantitative estimate of drug-likeness (QED) is 0.0268. The number of carbonyl (C=O) groups excluding carboxylic acids is 3. The summed E-state index contributed by atoms with van der Waals surface area (Å²) in [4.78, 5) is 52.2. The predicted molar refractivity (Wildman–Crippen MR) is 246 cm³/mol. The van der Waals surface area contributed by atoms with E-state index in [0.29, 0.717) is 0 Å². The van der Waals surface area contributed by atoms with E-state index in [4.69, 9.17) is 37.6 Å². The van der Waals surface area contributed by atoms with Crippen LogP contribution in [0.5, 0.6) is 5.75 Å². The molecule has 1 saturated heterocycles. The van der Waals surface area contributed by atoms with Gasteiger partial charge in [-0.1, -0.05) is 125 Å². The fraction of sp³-hybridized carbons (Fsp3) is 0.353. The third-order valence-electron chi connectivity index (χ3n) is 12.9. The predicted octanol–water partition coefficient (Wildman–Crippen LogP) is 10.0. The van der Waals surface area contributed by atoms with Crippen molar-refractivity contribution in [1.29, 1.82) is 0 Å². The van der Waals surface area contributed by atoms with Gasteiger partial charge in [0.15, 0.2) is 33.4 Å². The Morgan fingerprint density at radius 3 is 1.91 bits per heavy atom. The van der Waals surface area contributed by atoms with Crippen LogP contribution in [0, 0.1) is 16.0 Å². The van der Waals surface area contributed by atoms with E-state index in [2.05, 4.69) is 27.7 Å². The summed E-state index contributed by atoms with van der Waals surface area (Å²) < 4.78 is 50.1. The summed E-state index contributed by atoms with van der Waals surface area (Å²) in [5, 5.41) is 10.9. The average Bonchev–Trinajstić information content (AvgIpc) is 3.63. The van der Waals surface area contributed by atoms with Crippen LogP contribution >= 0.6 is 0 Å². The van der Waals surface area contributed by atoms with E-state index in [9.17, 15) is 24.5 Å². The lowest BCUT2D eigenvalue weighted by molar-refractivity contribution is -0.384. The second-order valence-corrected chi connectivity index (χ2v) is 22.2. The molecule has 5 aromatic rings. The third kappa shape index (κ3) is 11.0. The standard InChI is InChI=1S/C51H55NO13Si/c1-33(2)51(3,4)66(5,6)65-49-47(64-48(54)35-19-11-8-12-20-35)46(63-44(53)32-58-37-27-25-36(26-28-37)52(56)57)45(59-29-34-17-9-7-10-18-34)43(62-49)31-61-50(55)60-30-42-40-23-15-13-21-38(40)39-22-14-16-24-41(39)42/h7-28,33,42-43,45-47,49H,29-32H2,1-6H3/t43-,45+,46+,47-,49+/m1/s1. The average molecular weight is 918 g/mol. The van der Waals surface area contributed by atoms with E-state index < -0.39 is 75.3 Å². The molecule has 0 bridgehead atoms. The summed E-state index contributed by atoms with van der Waals surface area (Å²) in [6.07, 6.45) is -7.53. The first kappa shape index (κ1) is 47.6. The van der Waals surface area contributed by atoms with Crippen LogP contribution in [0.1, 0.15) is 60.7 Å². The van der Waals surface area contributed by atoms with Gasteiger partial charge in [0.25, 0.3) is 5.69 Å². The molecular formula is C51H55NO13Si. The molecule has 1 aliphatic heterocycles. The molecule has 7 rings (SSSR count). The summed E-state index contributed by atoms with van der Waals surface area (Å²) in [7, 11) is -2.85. The van der Waals surface area contributed by atoms with Crippen LogP contribution in [0.15, 0.2) is 133 Å². The van der Waals surface area contributed by atoms with Crippen molar-refractivity contribution in [3.05, 3.63) is 166 Å². The van der Waals surface area contributed by atoms with E-state index in [-0.39, 0.29) is 47.1 Å². The van der Waals surface area contributed by atoms with Crippen LogP contribution in [-0.2, 0) is 44.2 Å². The van der Waals surface area contributed by atoms with Gasteiger partial charge in [0, 0.05) is 18.1 Å². The molecule has 1 aliphatic carbocycles. The van der Waals surface area contributed by atoms with Gasteiger partial charge in [-0.2, -0.15) is 0 Å². The van der Waals surface area contributed by atoms with E-state index >= 15 is 0 Å². The van der Waals surface area contributed by atoms with Crippen LogP contribution in [0.3, 0.4) is 0 Å². The van der Waals surface area contributed by atoms with Gasteiger partial charge in [-0.15, -0.1) is 0 Å². The van der Waals surface area contributed by atoms with Crippen molar-refractivity contribution >= 4 is 32.1 Å². The zero-order chi connectivity index (χ0) is 47.0. The molecule has 0 unspecified atom stereocenters. The molecule has 14 nitrogen and oxygen atoms in total. The lowest BCUT2D eigenvalue weighted by Gasteiger charge is -2.49. The van der Waals surface area contributed by atoms with Gasteiger partial charge in [0.2, 0.25) is 0 Å². The Labute approximate surface area is 385 Å². The minimum absolute atomic E-state index is 0.00481. The second-order valence-electron chi connectivity index (χ2n) is 17.6. The van der Waals surface area contributed by atoms with Crippen molar-refractivity contribution in [3.8, 4) is 16.9 Å². The summed E-state index contributed by atoms with van der Waals surface area (Å²) >= 11 is 0. The topological polar surface area (TPSA) is 168 Å². The van der Waals surface area contributed by atoms with Gasteiger partial charge in [0.05, 0.1) is 17.1 Å². The summed E-state index contributed by atoms with van der Waals surface area (Å²) in [6, 6.07) is 38.8. The number of ether oxygens (including phenoxy) is 7. The number of carbonyl (C=O) groups is 3. The Bertz CT molecular complexity index is 2420. The van der Waals surface area contributed by atoms with Crippen LogP contribution in [0.4, 0.5) is 10.5 Å². The molecule has 5 aromatic carbocycles. The number of hydrogen-bond donors (Lipinski definition) is 0. The lowest BCUT2D eigenvalue weighted by atomic mass is 9.98. The molecule has 0 saturated carbocycles. The number of benzene rings is 5. The highest BCUT2D eigenvalue weighted by Gasteiger charge is 2.55. The molecule has 1 heterocycles. The number of nitrogens with zero attached hydrogens (tertiary/aromatic N) is 1. The minimum Gasteiger partial charge on any atom is -0.482 e. The number of nitro groups is 1. The number of esters is 2. The SMILES string of the molecule is CC(C)C(C)(C)[Si](C)(C)O[C@@H]1O[C@H](COC(=O)OCC2c3ccccc3-c3ccccc32)[C@H](OCc2ccccc2)[C@H](OC(=O)COc2ccc([N+](=O)[O-])cc2)[C@H]1OC(=O)c1ccccc1. The smallest absolute Gasteiger partial charge is 0.482 e. The van der Waals surface area contributed by atoms with Gasteiger partial charge in [-0.3, -0.25) is 10.1 Å². The largest absolute Gasteiger partial charge is 0.508 e. The van der Waals surface area contributed by atoms with Crippen molar-refractivity contribution in [1.82, 2.24) is 0 Å². The maximum atomic E-state index is 14.0. The van der Waals surface area contributed by atoms with Gasteiger partial charge in [-0.05, 0) is 76.1 Å². The highest BCUT2D eigenvalue weighted by atomic mass is 28.4. The Balaban J connectivity index is 1.20. The fourth-order valence-corrected chi connectivity index (χ4v) is 10.5. The Hall–Kier alpha value is -6.39. The molecule has 1 fully saturated rings. The second kappa shape index (κ2) is 20.8. The van der Waals surface area contributed by atoms with E-state index in [1.807, 2.05) is 92.0 Å². The van der Waals surface area contributed by atoms with E-state index in [1.165, 1.54) is 24.3 Å². The molecule has 0 aromatic heterocycles. The first-order valence-electron chi connectivity index (χ1n) is 21.9. The lowest BCUT2D eigenvalue weighted by Crippen LogP contribution is -2.65. The number of rotatable bonds is 18. The molecule has 5 atom stereocenters. The molecule has 0 spiro atoms. The van der Waals surface area contributed by atoms with Crippen molar-refractivity contribution in [2.45, 2.75) is 89.1 Å². The highest BCUT2D eigenvalue weighted by molar-refractivity contribution is 6.74. The van der Waals surface area contributed by atoms with Crippen LogP contribution < -0.4 is 4.74 Å². The maximum absolute atomic E-state index is 14.0. The minimum atomic E-state index is -2.85. The molecule has 15 heteroatoms. The summed E-state index contributed by atoms with van der Waals surface area (Å²) in [5.41, 5.74) is 5.05. The Morgan fingerprint density at radius 1 is 0.727 bits per heavy atom. The summed E-state index contributed by atoms with van der Waals surface area (Å²) in [6.45, 7) is 11.4. The fourth-order valence-electron chi connectivity index (χ4n) is 8.01. The number of non-ortho nitro benzene ring substituents is 1. The van der Waals surface area contributed by atoms with E-state index in [0.717, 1.165) is 27.8 Å². The number of hydrogen-bond acceptors (Lipinski definition) is 13. The molecule has 2 aliphatic rings. The molecule has 66 heavy (non-hydrogen) atoms. The first-order valence-corrected chi connectivity index (χ1v) is 24.8. The number of nitro benzene ring substituents is 1. The molecular weight excluding hydrogens is 863 g/mol. The van der Waals surface area contributed by atoms with Crippen LogP contribution in [0.25, 0.3) is 11.1 Å². The number of fused-ring (bicyclic) bond motifs is 3. The maximum Gasteiger partial charge on any atom is 0.508 e. The zero-order valence-corrected chi connectivity index (χ0v) is 38.8. The first-order chi connectivity index (χ1) is 31.6. The molecule has 346 valence electrons. The van der Waals surface area contributed by atoms with Crippen LogP contribution in [-0.4, -0.2) is 81.9 Å². The third-order valence-corrected chi connectivity index (χ3v) is 17.4. The van der Waals surface area contributed by atoms with Crippen LogP contribution in [0.2, 0.25) is 18.1 Å². The molecule has 0 amide bonds. The normalized spacial score (nSPS) is 19.3. The molecule has 0 radical (unpaired) electrons. The van der Waals surface area contributed by atoms with Crippen molar-refractivity contribution in [2.75, 3.05) is 19.8 Å². The van der Waals surface area contributed by atoms with Gasteiger partial charge < -0.3 is 37.6 Å². The van der Waals surface area contributed by atoms with Gasteiger partial charge >= 0.3 is 18.1 Å². The van der Waals surface area contributed by atoms with Crippen molar-refractivity contribution in [2.24, 2.45) is 5.92 Å². The van der Waals surface area contributed by atoms with Gasteiger partial charge in [-0.25, -0.2) is 14.4 Å². The monoisotopic (exact) mass is 917 g/mol. The Morgan fingerprint density at radius 2 is 1.30 bits per heavy atom. The summed E-state index contributed by atoms with van der Waals surface area (Å²) in [5.74, 6) is -1.51. The van der Waals surface area contributed by atoms with Gasteiger partial charge in [0.1, 0.15) is 31.2 Å². The highest BCUT2D eigenvalue weighted by Crippen LogP contribution is 2.47. The zero-order valence-electron chi connectivity index (χ0n) is 37.8. The Kier molecular flexibility index (Phi) is 15.0. The van der Waals surface area contributed by atoms with Crippen molar-refractivity contribution in [3.63, 3.8) is 0 Å².